The Bertz CT molecular complexity index is 323. The Labute approximate surface area is 125 Å². The van der Waals surface area contributed by atoms with Crippen molar-refractivity contribution in [3.8, 4) is 0 Å². The normalized spacial score (nSPS) is 44.9. The largest absolute Gasteiger partial charge is 0.126 e. The molecule has 0 aliphatic heterocycles. The minimum Gasteiger partial charge on any atom is -0.126 e. The molecule has 6 heteroatoms. The van der Waals surface area contributed by atoms with Gasteiger partial charge in [-0.2, -0.15) is 0 Å². The van der Waals surface area contributed by atoms with Crippen LogP contribution in [0.4, 0.5) is 0 Å². The summed E-state index contributed by atoms with van der Waals surface area (Å²) in [5, 5.41) is 0.109. The lowest BCUT2D eigenvalue weighted by Gasteiger charge is -2.42. The maximum Gasteiger partial charge on any atom is 0.0628 e. The van der Waals surface area contributed by atoms with Crippen molar-refractivity contribution in [3.63, 3.8) is 0 Å². The van der Waals surface area contributed by atoms with Gasteiger partial charge < -0.3 is 0 Å². The maximum absolute atomic E-state index is 6.39. The molecule has 0 heterocycles. The van der Waals surface area contributed by atoms with E-state index in [-0.39, 0.29) is 22.6 Å². The summed E-state index contributed by atoms with van der Waals surface area (Å²) in [7, 11) is 0. The number of alkyl halides is 5. The molecule has 2 bridgehead atoms. The fraction of sp³-hybridized carbons (Fsp3) is 0.800. The first-order chi connectivity index (χ1) is 7.51. The number of hydrogen-bond acceptors (Lipinski definition) is 0. The predicted molar refractivity (Wildman–Crippen MR) is 73.7 cm³/mol. The van der Waals surface area contributed by atoms with Gasteiger partial charge >= 0.3 is 0 Å². The molecule has 2 aliphatic carbocycles. The lowest BCUT2D eigenvalue weighted by molar-refractivity contribution is 0.194. The van der Waals surface area contributed by atoms with Gasteiger partial charge in [0.05, 0.1) is 10.8 Å². The summed E-state index contributed by atoms with van der Waals surface area (Å²) in [5.41, 5.74) is -1.01. The summed E-state index contributed by atoms with van der Waals surface area (Å²) < 4.78 is 0. The van der Waals surface area contributed by atoms with Gasteiger partial charge in [0.1, 0.15) is 0 Å². The molecule has 4 atom stereocenters. The third kappa shape index (κ3) is 1.33. The molecule has 0 aromatic carbocycles. The Morgan fingerprint density at radius 3 is 2.00 bits per heavy atom. The van der Waals surface area contributed by atoms with Gasteiger partial charge in [-0.15, -0.1) is 58.0 Å². The maximum atomic E-state index is 6.39. The van der Waals surface area contributed by atoms with Crippen molar-refractivity contribution in [2.45, 2.75) is 10.8 Å². The molecular weight excluding hydrogens is 333 g/mol. The first-order valence-electron chi connectivity index (χ1n) is 4.85. The molecule has 1 fully saturated rings. The highest BCUT2D eigenvalue weighted by Gasteiger charge is 2.71. The average Bonchev–Trinajstić information content (AvgIpc) is 2.65. The van der Waals surface area contributed by atoms with E-state index in [1.807, 2.05) is 6.08 Å². The summed E-state index contributed by atoms with van der Waals surface area (Å²) in [6, 6.07) is 0. The van der Waals surface area contributed by atoms with Crippen LogP contribution in [0.5, 0.6) is 0 Å². The lowest BCUT2D eigenvalue weighted by Crippen LogP contribution is -2.46. The van der Waals surface area contributed by atoms with Gasteiger partial charge in [-0.1, -0.05) is 17.7 Å². The van der Waals surface area contributed by atoms with E-state index in [0.29, 0.717) is 16.8 Å². The Kier molecular flexibility index (Phi) is 3.95. The van der Waals surface area contributed by atoms with Crippen molar-refractivity contribution in [1.29, 1.82) is 0 Å². The van der Waals surface area contributed by atoms with Crippen LogP contribution >= 0.6 is 69.6 Å². The molecular formula is C10H10Cl6. The summed E-state index contributed by atoms with van der Waals surface area (Å²) in [4.78, 5) is 0. The molecule has 0 aromatic rings. The van der Waals surface area contributed by atoms with Crippen LogP contribution in [0.3, 0.4) is 0 Å². The van der Waals surface area contributed by atoms with Gasteiger partial charge in [0, 0.05) is 39.4 Å². The first kappa shape index (κ1) is 13.9. The predicted octanol–water partition coefficient (Wildman–Crippen LogP) is 4.66. The molecule has 0 aromatic heterocycles. The van der Waals surface area contributed by atoms with Crippen LogP contribution in [-0.2, 0) is 0 Å². The van der Waals surface area contributed by atoms with Crippen molar-refractivity contribution < 1.29 is 0 Å². The standard InChI is InChI=1S/C10H10Cl6/c11-2-9(3-12)5-1-6(14)10(9,4-13)8(16)7(5)15/h1,5,7-8H,2-4H2/t5-,7+,8-,10?/m1/s1. The molecule has 92 valence electrons. The zero-order chi connectivity index (χ0) is 12.1. The second-order valence-corrected chi connectivity index (χ2v) is 6.60. The summed E-state index contributed by atoms with van der Waals surface area (Å²) in [5.74, 6) is 0.994. The molecule has 1 saturated carbocycles. The molecule has 2 aliphatic rings. The molecule has 0 saturated heterocycles. The van der Waals surface area contributed by atoms with Gasteiger partial charge in [0.15, 0.2) is 0 Å². The molecule has 1 unspecified atom stereocenters. The molecule has 0 radical (unpaired) electrons. The monoisotopic (exact) mass is 340 g/mol. The van der Waals surface area contributed by atoms with E-state index in [9.17, 15) is 0 Å². The zero-order valence-corrected chi connectivity index (χ0v) is 12.7. The number of halogens is 6. The van der Waals surface area contributed by atoms with Crippen LogP contribution in [0.25, 0.3) is 0 Å². The molecule has 0 amide bonds. The molecule has 0 nitrogen and oxygen atoms in total. The number of rotatable bonds is 3. The summed E-state index contributed by atoms with van der Waals surface area (Å²) >= 11 is 37.3. The van der Waals surface area contributed by atoms with Crippen molar-refractivity contribution in [1.82, 2.24) is 0 Å². The van der Waals surface area contributed by atoms with E-state index in [1.165, 1.54) is 0 Å². The van der Waals surface area contributed by atoms with E-state index in [0.717, 1.165) is 0 Å². The van der Waals surface area contributed by atoms with Gasteiger partial charge in [-0.3, -0.25) is 0 Å². The Morgan fingerprint density at radius 1 is 1.06 bits per heavy atom. The molecule has 16 heavy (non-hydrogen) atoms. The van der Waals surface area contributed by atoms with Crippen LogP contribution < -0.4 is 0 Å². The number of allylic oxidation sites excluding steroid dienone is 2. The van der Waals surface area contributed by atoms with E-state index < -0.39 is 10.8 Å². The highest BCUT2D eigenvalue weighted by molar-refractivity contribution is 6.38. The van der Waals surface area contributed by atoms with Crippen molar-refractivity contribution in [2.24, 2.45) is 16.7 Å². The average molecular weight is 343 g/mol. The van der Waals surface area contributed by atoms with Crippen LogP contribution in [0.1, 0.15) is 0 Å². The molecule has 0 spiro atoms. The van der Waals surface area contributed by atoms with Crippen molar-refractivity contribution in [3.05, 3.63) is 11.1 Å². The quantitative estimate of drug-likeness (QED) is 0.654. The molecule has 0 N–H and O–H groups in total. The highest BCUT2D eigenvalue weighted by Crippen LogP contribution is 2.70. The summed E-state index contributed by atoms with van der Waals surface area (Å²) in [6.45, 7) is 0. The fourth-order valence-electron chi connectivity index (χ4n) is 2.98. The van der Waals surface area contributed by atoms with Crippen LogP contribution in [0, 0.1) is 16.7 Å². The van der Waals surface area contributed by atoms with E-state index in [2.05, 4.69) is 0 Å². The van der Waals surface area contributed by atoms with Crippen molar-refractivity contribution >= 4 is 69.6 Å². The number of fused-ring (bicyclic) bond motifs is 2. The van der Waals surface area contributed by atoms with Gasteiger partial charge in [0.25, 0.3) is 0 Å². The third-order valence-electron chi connectivity index (χ3n) is 4.06. The Balaban J connectivity index is 2.60. The topological polar surface area (TPSA) is 0 Å². The highest BCUT2D eigenvalue weighted by atomic mass is 35.5. The van der Waals surface area contributed by atoms with Crippen LogP contribution in [0.15, 0.2) is 11.1 Å². The number of hydrogen-bond donors (Lipinski definition) is 0. The fourth-order valence-corrected chi connectivity index (χ4v) is 6.49. The van der Waals surface area contributed by atoms with Crippen molar-refractivity contribution in [2.75, 3.05) is 17.6 Å². The second-order valence-electron chi connectivity index (χ2n) is 4.41. The lowest BCUT2D eigenvalue weighted by atomic mass is 9.69. The van der Waals surface area contributed by atoms with Gasteiger partial charge in [0.2, 0.25) is 0 Å². The van der Waals surface area contributed by atoms with Gasteiger partial charge in [-0.05, 0) is 0 Å². The summed E-state index contributed by atoms with van der Waals surface area (Å²) in [6.07, 6.45) is 1.92. The second kappa shape index (κ2) is 4.54. The minimum absolute atomic E-state index is 0.00193. The Hall–Kier alpha value is 1.48. The van der Waals surface area contributed by atoms with Gasteiger partial charge in [-0.25, -0.2) is 0 Å². The SMILES string of the molecule is ClCC1(CCl)[C@@H]2C=C(Cl)C1(CCl)[C@H](Cl)[C@H]2Cl. The smallest absolute Gasteiger partial charge is 0.0628 e. The van der Waals surface area contributed by atoms with Crippen LogP contribution in [0.2, 0.25) is 0 Å². The van der Waals surface area contributed by atoms with Crippen LogP contribution in [-0.4, -0.2) is 28.4 Å². The zero-order valence-electron chi connectivity index (χ0n) is 8.20. The molecule has 2 rings (SSSR count). The minimum atomic E-state index is -0.585. The van der Waals surface area contributed by atoms with E-state index in [1.54, 1.807) is 0 Å². The van der Waals surface area contributed by atoms with E-state index in [4.69, 9.17) is 69.6 Å². The third-order valence-corrected chi connectivity index (χ3v) is 7.19. The first-order valence-corrected chi connectivity index (χ1v) is 7.71. The van der Waals surface area contributed by atoms with E-state index >= 15 is 0 Å². The Morgan fingerprint density at radius 2 is 1.62 bits per heavy atom.